The molecule has 1 amide bonds. The Hall–Kier alpha value is -1.99. The fourth-order valence-electron chi connectivity index (χ4n) is 1.27. The first-order chi connectivity index (χ1) is 8.63. The number of rotatable bonds is 3. The summed E-state index contributed by atoms with van der Waals surface area (Å²) < 4.78 is 5.00. The second kappa shape index (κ2) is 7.36. The third-order valence-electron chi connectivity index (χ3n) is 1.97. The van der Waals surface area contributed by atoms with Gasteiger partial charge in [0, 0.05) is 12.0 Å². The SMILES string of the molecule is CC(C)OC(=O)Nc1ccccc1C#CCCO. The maximum atomic E-state index is 11.5. The monoisotopic (exact) mass is 247 g/mol. The number of benzene rings is 1. The van der Waals surface area contributed by atoms with Gasteiger partial charge in [0.25, 0.3) is 0 Å². The fraction of sp³-hybridized carbons (Fsp3) is 0.357. The Morgan fingerprint density at radius 1 is 1.44 bits per heavy atom. The average molecular weight is 247 g/mol. The van der Waals surface area contributed by atoms with Crippen LogP contribution in [0.1, 0.15) is 25.8 Å². The molecule has 0 saturated heterocycles. The highest BCUT2D eigenvalue weighted by Crippen LogP contribution is 2.14. The number of nitrogens with one attached hydrogen (secondary N) is 1. The molecule has 0 aliphatic carbocycles. The summed E-state index contributed by atoms with van der Waals surface area (Å²) in [5, 5.41) is 11.3. The number of para-hydroxylation sites is 1. The molecule has 0 unspecified atom stereocenters. The number of carbonyl (C=O) groups excluding carboxylic acids is 1. The summed E-state index contributed by atoms with van der Waals surface area (Å²) in [6.07, 6.45) is -0.260. The highest BCUT2D eigenvalue weighted by molar-refractivity contribution is 5.86. The van der Waals surface area contributed by atoms with Crippen molar-refractivity contribution in [1.29, 1.82) is 0 Å². The Labute approximate surface area is 107 Å². The summed E-state index contributed by atoms with van der Waals surface area (Å²) in [6.45, 7) is 3.59. The molecule has 0 aliphatic heterocycles. The van der Waals surface area contributed by atoms with Crippen molar-refractivity contribution in [2.45, 2.75) is 26.4 Å². The van der Waals surface area contributed by atoms with Crippen LogP contribution in [0.3, 0.4) is 0 Å². The topological polar surface area (TPSA) is 58.6 Å². The van der Waals surface area contributed by atoms with Crippen molar-refractivity contribution < 1.29 is 14.6 Å². The molecule has 0 atom stereocenters. The summed E-state index contributed by atoms with van der Waals surface area (Å²) >= 11 is 0. The van der Waals surface area contributed by atoms with E-state index in [-0.39, 0.29) is 12.7 Å². The van der Waals surface area contributed by atoms with Crippen LogP contribution in [0.15, 0.2) is 24.3 Å². The predicted octanol–water partition coefficient (Wildman–Crippen LogP) is 2.38. The molecular weight excluding hydrogens is 230 g/mol. The lowest BCUT2D eigenvalue weighted by atomic mass is 10.2. The van der Waals surface area contributed by atoms with E-state index in [0.29, 0.717) is 17.7 Å². The molecule has 1 aromatic carbocycles. The van der Waals surface area contributed by atoms with Gasteiger partial charge in [-0.1, -0.05) is 24.0 Å². The molecule has 4 nitrogen and oxygen atoms in total. The largest absolute Gasteiger partial charge is 0.447 e. The first kappa shape index (κ1) is 14.1. The number of amides is 1. The second-order valence-electron chi connectivity index (χ2n) is 3.90. The number of aliphatic hydroxyl groups excluding tert-OH is 1. The Morgan fingerprint density at radius 2 is 2.17 bits per heavy atom. The number of carbonyl (C=O) groups is 1. The van der Waals surface area contributed by atoms with E-state index < -0.39 is 6.09 Å². The smallest absolute Gasteiger partial charge is 0.411 e. The van der Waals surface area contributed by atoms with Gasteiger partial charge in [0.15, 0.2) is 0 Å². The minimum absolute atomic E-state index is 0.0258. The van der Waals surface area contributed by atoms with Crippen LogP contribution in [0.2, 0.25) is 0 Å². The molecule has 0 aromatic heterocycles. The predicted molar refractivity (Wildman–Crippen MR) is 70.3 cm³/mol. The summed E-state index contributed by atoms with van der Waals surface area (Å²) in [6, 6.07) is 7.20. The van der Waals surface area contributed by atoms with Crippen molar-refractivity contribution in [3.8, 4) is 11.8 Å². The minimum Gasteiger partial charge on any atom is -0.447 e. The molecule has 1 rings (SSSR count). The van der Waals surface area contributed by atoms with E-state index in [1.165, 1.54) is 0 Å². The first-order valence-electron chi connectivity index (χ1n) is 5.80. The number of anilines is 1. The summed E-state index contributed by atoms with van der Waals surface area (Å²) in [5.74, 6) is 5.71. The lowest BCUT2D eigenvalue weighted by Gasteiger charge is -2.10. The van der Waals surface area contributed by atoms with Crippen LogP contribution in [0.25, 0.3) is 0 Å². The van der Waals surface area contributed by atoms with Gasteiger partial charge in [0.1, 0.15) is 0 Å². The molecule has 18 heavy (non-hydrogen) atoms. The van der Waals surface area contributed by atoms with E-state index in [0.717, 1.165) is 0 Å². The molecule has 0 aliphatic rings. The van der Waals surface area contributed by atoms with Gasteiger partial charge in [-0.2, -0.15) is 0 Å². The maximum absolute atomic E-state index is 11.5. The molecule has 0 saturated carbocycles. The standard InChI is InChI=1S/C14H17NO3/c1-11(2)18-14(17)15-13-9-4-3-7-12(13)8-5-6-10-16/h3-4,7,9,11,16H,6,10H2,1-2H3,(H,15,17). The van der Waals surface area contributed by atoms with Crippen molar-refractivity contribution in [1.82, 2.24) is 0 Å². The van der Waals surface area contributed by atoms with E-state index in [1.807, 2.05) is 12.1 Å². The van der Waals surface area contributed by atoms with E-state index in [9.17, 15) is 4.79 Å². The Balaban J connectivity index is 2.77. The third kappa shape index (κ3) is 4.89. The van der Waals surface area contributed by atoms with Crippen LogP contribution in [-0.2, 0) is 4.74 Å². The third-order valence-corrected chi connectivity index (χ3v) is 1.97. The van der Waals surface area contributed by atoms with Gasteiger partial charge in [-0.3, -0.25) is 5.32 Å². The van der Waals surface area contributed by atoms with Gasteiger partial charge >= 0.3 is 6.09 Å². The van der Waals surface area contributed by atoms with Crippen LogP contribution >= 0.6 is 0 Å². The molecule has 96 valence electrons. The minimum atomic E-state index is -0.499. The van der Waals surface area contributed by atoms with E-state index in [2.05, 4.69) is 17.2 Å². The zero-order chi connectivity index (χ0) is 13.4. The van der Waals surface area contributed by atoms with Gasteiger partial charge < -0.3 is 9.84 Å². The second-order valence-corrected chi connectivity index (χ2v) is 3.90. The van der Waals surface area contributed by atoms with Crippen LogP contribution in [-0.4, -0.2) is 23.9 Å². The molecule has 0 heterocycles. The van der Waals surface area contributed by atoms with Crippen molar-refractivity contribution in [2.24, 2.45) is 0 Å². The van der Waals surface area contributed by atoms with E-state index in [1.54, 1.807) is 26.0 Å². The van der Waals surface area contributed by atoms with Crippen molar-refractivity contribution in [3.63, 3.8) is 0 Å². The van der Waals surface area contributed by atoms with Crippen LogP contribution in [0.4, 0.5) is 10.5 Å². The summed E-state index contributed by atoms with van der Waals surface area (Å²) in [4.78, 5) is 11.5. The van der Waals surface area contributed by atoms with Gasteiger partial charge in [-0.25, -0.2) is 4.79 Å². The Kier molecular flexibility index (Phi) is 5.75. The Morgan fingerprint density at radius 3 is 2.83 bits per heavy atom. The molecule has 0 fully saturated rings. The molecule has 0 spiro atoms. The number of aliphatic hydroxyl groups is 1. The first-order valence-corrected chi connectivity index (χ1v) is 5.80. The fourth-order valence-corrected chi connectivity index (χ4v) is 1.27. The molecule has 4 heteroatoms. The van der Waals surface area contributed by atoms with E-state index in [4.69, 9.17) is 9.84 Å². The molecular formula is C14H17NO3. The summed E-state index contributed by atoms with van der Waals surface area (Å²) in [5.41, 5.74) is 1.31. The van der Waals surface area contributed by atoms with Crippen molar-refractivity contribution in [2.75, 3.05) is 11.9 Å². The quantitative estimate of drug-likeness (QED) is 0.806. The van der Waals surface area contributed by atoms with Crippen molar-refractivity contribution >= 4 is 11.8 Å². The zero-order valence-corrected chi connectivity index (χ0v) is 10.6. The van der Waals surface area contributed by atoms with Crippen LogP contribution < -0.4 is 5.32 Å². The lowest BCUT2D eigenvalue weighted by Crippen LogP contribution is -2.18. The lowest BCUT2D eigenvalue weighted by molar-refractivity contribution is 0.130. The van der Waals surface area contributed by atoms with Crippen molar-refractivity contribution in [3.05, 3.63) is 29.8 Å². The van der Waals surface area contributed by atoms with Crippen LogP contribution in [0.5, 0.6) is 0 Å². The van der Waals surface area contributed by atoms with Gasteiger partial charge in [-0.15, -0.1) is 0 Å². The van der Waals surface area contributed by atoms with Gasteiger partial charge in [0.05, 0.1) is 18.4 Å². The van der Waals surface area contributed by atoms with Crippen LogP contribution in [0, 0.1) is 11.8 Å². The number of hydrogen-bond acceptors (Lipinski definition) is 3. The normalized spacial score (nSPS) is 9.56. The highest BCUT2D eigenvalue weighted by atomic mass is 16.6. The average Bonchev–Trinajstić information content (AvgIpc) is 2.30. The van der Waals surface area contributed by atoms with Gasteiger partial charge in [0.2, 0.25) is 0 Å². The maximum Gasteiger partial charge on any atom is 0.411 e. The highest BCUT2D eigenvalue weighted by Gasteiger charge is 2.07. The number of hydrogen-bond donors (Lipinski definition) is 2. The van der Waals surface area contributed by atoms with E-state index >= 15 is 0 Å². The molecule has 0 bridgehead atoms. The molecule has 2 N–H and O–H groups in total. The Bertz CT molecular complexity index is 458. The number of ether oxygens (including phenoxy) is 1. The zero-order valence-electron chi connectivity index (χ0n) is 10.6. The molecule has 1 aromatic rings. The van der Waals surface area contributed by atoms with Gasteiger partial charge in [-0.05, 0) is 26.0 Å². The molecule has 0 radical (unpaired) electrons. The summed E-state index contributed by atoms with van der Waals surface area (Å²) in [7, 11) is 0.